The molecule has 1 aromatic carbocycles. The van der Waals surface area contributed by atoms with E-state index in [-0.39, 0.29) is 23.4 Å². The van der Waals surface area contributed by atoms with Gasteiger partial charge in [-0.3, -0.25) is 4.79 Å². The van der Waals surface area contributed by atoms with Gasteiger partial charge < -0.3 is 15.0 Å². The summed E-state index contributed by atoms with van der Waals surface area (Å²) in [6.45, 7) is 12.8. The molecule has 0 aliphatic carbocycles. The van der Waals surface area contributed by atoms with Crippen LogP contribution in [0.2, 0.25) is 0 Å². The van der Waals surface area contributed by atoms with Gasteiger partial charge in [0.25, 0.3) is 5.91 Å². The third kappa shape index (κ3) is 3.62. The minimum absolute atomic E-state index is 0.0821. The van der Waals surface area contributed by atoms with Crippen LogP contribution in [-0.4, -0.2) is 40.0 Å². The highest BCUT2D eigenvalue weighted by Gasteiger charge is 2.52. The van der Waals surface area contributed by atoms with Gasteiger partial charge in [0.1, 0.15) is 17.1 Å². The van der Waals surface area contributed by atoms with Crippen molar-refractivity contribution in [3.63, 3.8) is 0 Å². The molecule has 2 aliphatic rings. The first-order valence-corrected chi connectivity index (χ1v) is 10.7. The van der Waals surface area contributed by atoms with Crippen LogP contribution in [0.4, 0.5) is 16.3 Å². The van der Waals surface area contributed by atoms with E-state index < -0.39 is 5.54 Å². The first-order valence-electron chi connectivity index (χ1n) is 10.7. The molecular weight excluding hydrogens is 392 g/mol. The number of anilines is 2. The molecule has 1 saturated heterocycles. The van der Waals surface area contributed by atoms with Crippen molar-refractivity contribution in [2.24, 2.45) is 0 Å². The highest BCUT2D eigenvalue weighted by Crippen LogP contribution is 2.42. The number of hydrogen-bond donors (Lipinski definition) is 1. The SMILES string of the molecule is CC(C)Nc1cc(CN2C(=O)N(c3ccc4c(c3)OCC4(C)C)C(=O)C2(C)C)ccn1. The quantitative estimate of drug-likeness (QED) is 0.727. The molecule has 1 N–H and O–H groups in total. The highest BCUT2D eigenvalue weighted by molar-refractivity contribution is 6.23. The number of ether oxygens (including phenoxy) is 1. The van der Waals surface area contributed by atoms with Gasteiger partial charge in [-0.2, -0.15) is 0 Å². The molecule has 3 amide bonds. The molecular formula is C24H30N4O3. The first-order chi connectivity index (χ1) is 14.5. The Morgan fingerprint density at radius 2 is 1.87 bits per heavy atom. The van der Waals surface area contributed by atoms with E-state index in [1.165, 1.54) is 4.90 Å². The van der Waals surface area contributed by atoms with Gasteiger partial charge >= 0.3 is 6.03 Å². The average Bonchev–Trinajstić information content (AvgIpc) is 3.07. The lowest BCUT2D eigenvalue weighted by atomic mass is 9.87. The van der Waals surface area contributed by atoms with E-state index >= 15 is 0 Å². The van der Waals surface area contributed by atoms with E-state index in [1.54, 1.807) is 31.0 Å². The molecule has 0 saturated carbocycles. The second kappa shape index (κ2) is 7.25. The van der Waals surface area contributed by atoms with Crippen molar-refractivity contribution in [2.45, 2.75) is 65.1 Å². The molecule has 0 unspecified atom stereocenters. The zero-order valence-corrected chi connectivity index (χ0v) is 19.0. The predicted molar refractivity (Wildman–Crippen MR) is 120 cm³/mol. The van der Waals surface area contributed by atoms with Crippen LogP contribution in [0.3, 0.4) is 0 Å². The molecule has 0 atom stereocenters. The Balaban J connectivity index is 1.62. The Kier molecular flexibility index (Phi) is 4.95. The zero-order valence-electron chi connectivity index (χ0n) is 19.0. The number of pyridine rings is 1. The Morgan fingerprint density at radius 1 is 1.13 bits per heavy atom. The number of hydrogen-bond acceptors (Lipinski definition) is 5. The fourth-order valence-corrected chi connectivity index (χ4v) is 4.12. The summed E-state index contributed by atoms with van der Waals surface area (Å²) in [6.07, 6.45) is 1.72. The van der Waals surface area contributed by atoms with Crippen LogP contribution in [0.15, 0.2) is 36.5 Å². The molecule has 2 aliphatic heterocycles. The Bertz CT molecular complexity index is 1040. The van der Waals surface area contributed by atoms with Gasteiger partial charge in [0.15, 0.2) is 0 Å². The minimum Gasteiger partial charge on any atom is -0.492 e. The molecule has 7 heteroatoms. The number of carbonyl (C=O) groups excluding carboxylic acids is 2. The number of rotatable bonds is 5. The number of aromatic nitrogens is 1. The van der Waals surface area contributed by atoms with Gasteiger partial charge in [-0.1, -0.05) is 19.9 Å². The van der Waals surface area contributed by atoms with Gasteiger partial charge in [-0.05, 0) is 51.5 Å². The standard InChI is InChI=1S/C24H30N4O3/c1-15(2)26-20-11-16(9-10-25-20)13-27-22(30)28(21(29)24(27,5)6)17-7-8-18-19(12-17)31-14-23(18,3)4/h7-12,15H,13-14H2,1-6H3,(H,25,26). The van der Waals surface area contributed by atoms with E-state index in [2.05, 4.69) is 24.1 Å². The smallest absolute Gasteiger partial charge is 0.332 e. The topological polar surface area (TPSA) is 74.8 Å². The van der Waals surface area contributed by atoms with E-state index in [0.717, 1.165) is 22.7 Å². The van der Waals surface area contributed by atoms with Crippen LogP contribution >= 0.6 is 0 Å². The zero-order chi connectivity index (χ0) is 22.6. The minimum atomic E-state index is -0.967. The van der Waals surface area contributed by atoms with Crippen molar-refractivity contribution in [3.05, 3.63) is 47.7 Å². The number of benzene rings is 1. The molecule has 31 heavy (non-hydrogen) atoms. The number of imide groups is 1. The summed E-state index contributed by atoms with van der Waals surface area (Å²) in [5.41, 5.74) is 1.49. The average molecular weight is 423 g/mol. The maximum absolute atomic E-state index is 13.4. The fraction of sp³-hybridized carbons (Fsp3) is 0.458. The van der Waals surface area contributed by atoms with Crippen molar-refractivity contribution in [1.82, 2.24) is 9.88 Å². The molecule has 164 valence electrons. The third-order valence-corrected chi connectivity index (χ3v) is 5.97. The molecule has 0 bridgehead atoms. The molecule has 2 aromatic rings. The lowest BCUT2D eigenvalue weighted by molar-refractivity contribution is -0.123. The summed E-state index contributed by atoms with van der Waals surface area (Å²) < 4.78 is 5.83. The first kappa shape index (κ1) is 21.2. The van der Waals surface area contributed by atoms with Gasteiger partial charge in [0.05, 0.1) is 12.3 Å². The molecule has 1 aromatic heterocycles. The lowest BCUT2D eigenvalue weighted by Crippen LogP contribution is -2.43. The van der Waals surface area contributed by atoms with Gasteiger partial charge in [-0.25, -0.2) is 14.7 Å². The van der Waals surface area contributed by atoms with Crippen LogP contribution in [0.5, 0.6) is 5.75 Å². The molecule has 1 fully saturated rings. The summed E-state index contributed by atoms with van der Waals surface area (Å²) in [5.74, 6) is 1.24. The molecule has 0 radical (unpaired) electrons. The van der Waals surface area contributed by atoms with Crippen molar-refractivity contribution in [2.75, 3.05) is 16.8 Å². The second-order valence-corrected chi connectivity index (χ2v) is 9.77. The largest absolute Gasteiger partial charge is 0.492 e. The van der Waals surface area contributed by atoms with Gasteiger partial charge in [-0.15, -0.1) is 0 Å². The summed E-state index contributed by atoms with van der Waals surface area (Å²) in [7, 11) is 0. The summed E-state index contributed by atoms with van der Waals surface area (Å²) >= 11 is 0. The number of urea groups is 1. The van der Waals surface area contributed by atoms with Crippen molar-refractivity contribution in [1.29, 1.82) is 0 Å². The molecule has 3 heterocycles. The molecule has 0 spiro atoms. The van der Waals surface area contributed by atoms with Crippen LogP contribution in [0.25, 0.3) is 0 Å². The van der Waals surface area contributed by atoms with E-state index in [0.29, 0.717) is 18.8 Å². The number of carbonyl (C=O) groups is 2. The summed E-state index contributed by atoms with van der Waals surface area (Å²) in [4.78, 5) is 33.9. The summed E-state index contributed by atoms with van der Waals surface area (Å²) in [5, 5.41) is 3.27. The van der Waals surface area contributed by atoms with Crippen LogP contribution in [-0.2, 0) is 16.8 Å². The van der Waals surface area contributed by atoms with Crippen molar-refractivity contribution >= 4 is 23.4 Å². The van der Waals surface area contributed by atoms with Crippen molar-refractivity contribution < 1.29 is 14.3 Å². The maximum Gasteiger partial charge on any atom is 0.332 e. The van der Waals surface area contributed by atoms with Gasteiger partial charge in [0.2, 0.25) is 0 Å². The summed E-state index contributed by atoms with van der Waals surface area (Å²) in [6, 6.07) is 9.30. The third-order valence-electron chi connectivity index (χ3n) is 5.97. The Hall–Kier alpha value is -3.09. The second-order valence-electron chi connectivity index (χ2n) is 9.77. The maximum atomic E-state index is 13.4. The molecule has 4 rings (SSSR count). The number of amides is 3. The van der Waals surface area contributed by atoms with Gasteiger partial charge in [0, 0.05) is 35.8 Å². The number of nitrogens with zero attached hydrogens (tertiary/aromatic N) is 3. The normalized spacial score (nSPS) is 19.1. The van der Waals surface area contributed by atoms with Crippen LogP contribution < -0.4 is 15.0 Å². The highest BCUT2D eigenvalue weighted by atomic mass is 16.5. The molecule has 7 nitrogen and oxygen atoms in total. The fourth-order valence-electron chi connectivity index (χ4n) is 4.12. The van der Waals surface area contributed by atoms with Crippen LogP contribution in [0, 0.1) is 0 Å². The van der Waals surface area contributed by atoms with Crippen molar-refractivity contribution in [3.8, 4) is 5.75 Å². The monoisotopic (exact) mass is 422 g/mol. The number of nitrogens with one attached hydrogen (secondary N) is 1. The van der Waals surface area contributed by atoms with E-state index in [1.807, 2.05) is 38.1 Å². The predicted octanol–water partition coefficient (Wildman–Crippen LogP) is 4.32. The van der Waals surface area contributed by atoms with E-state index in [9.17, 15) is 9.59 Å². The van der Waals surface area contributed by atoms with E-state index in [4.69, 9.17) is 4.74 Å². The Morgan fingerprint density at radius 3 is 2.58 bits per heavy atom. The van der Waals surface area contributed by atoms with Crippen LogP contribution in [0.1, 0.15) is 52.7 Å². The Labute approximate surface area is 183 Å². The number of fused-ring (bicyclic) bond motifs is 1. The lowest BCUT2D eigenvalue weighted by Gasteiger charge is -2.27.